The standard InChI is InChI=1S/C13H17N5O/c1-17-6-5-14-11(17)8-18(2)10-7-12(19)16-13(15-10)9-3-4-9/h5-7,9H,3-4,8H2,1-2H3,(H,15,16,19). The Morgan fingerprint density at radius 1 is 1.53 bits per heavy atom. The van der Waals surface area contributed by atoms with E-state index in [9.17, 15) is 4.79 Å². The van der Waals surface area contributed by atoms with Crippen molar-refractivity contribution in [2.24, 2.45) is 7.05 Å². The minimum absolute atomic E-state index is 0.0846. The maximum atomic E-state index is 11.7. The van der Waals surface area contributed by atoms with Crippen molar-refractivity contribution in [2.45, 2.75) is 25.3 Å². The molecule has 1 saturated carbocycles. The Bertz CT molecular complexity index is 640. The van der Waals surface area contributed by atoms with Crippen molar-refractivity contribution in [3.05, 3.63) is 40.5 Å². The first-order valence-corrected chi connectivity index (χ1v) is 6.42. The third-order valence-corrected chi connectivity index (χ3v) is 3.40. The van der Waals surface area contributed by atoms with Crippen molar-refractivity contribution in [3.8, 4) is 0 Å². The summed E-state index contributed by atoms with van der Waals surface area (Å²) in [6.45, 7) is 0.629. The fourth-order valence-electron chi connectivity index (χ4n) is 2.05. The highest BCUT2D eigenvalue weighted by Crippen LogP contribution is 2.37. The van der Waals surface area contributed by atoms with Gasteiger partial charge < -0.3 is 14.5 Å². The first kappa shape index (κ1) is 12.0. The molecule has 0 radical (unpaired) electrons. The van der Waals surface area contributed by atoms with Crippen LogP contribution >= 0.6 is 0 Å². The molecule has 0 aromatic carbocycles. The maximum Gasteiger partial charge on any atom is 0.252 e. The Morgan fingerprint density at radius 3 is 2.95 bits per heavy atom. The van der Waals surface area contributed by atoms with E-state index in [0.29, 0.717) is 18.3 Å². The molecule has 0 aliphatic heterocycles. The number of imidazole rings is 1. The zero-order valence-electron chi connectivity index (χ0n) is 11.1. The number of hydrogen-bond donors (Lipinski definition) is 1. The topological polar surface area (TPSA) is 66.8 Å². The Balaban J connectivity index is 1.84. The van der Waals surface area contributed by atoms with Crippen molar-refractivity contribution >= 4 is 5.82 Å². The molecule has 0 saturated heterocycles. The van der Waals surface area contributed by atoms with Gasteiger partial charge in [0.05, 0.1) is 6.54 Å². The van der Waals surface area contributed by atoms with E-state index in [0.717, 1.165) is 24.5 Å². The molecule has 0 spiro atoms. The predicted octanol–water partition coefficient (Wildman–Crippen LogP) is 1.02. The Hall–Kier alpha value is -2.11. The van der Waals surface area contributed by atoms with E-state index in [1.165, 1.54) is 6.07 Å². The van der Waals surface area contributed by atoms with Gasteiger partial charge in [-0.3, -0.25) is 4.79 Å². The first-order valence-electron chi connectivity index (χ1n) is 6.42. The number of anilines is 1. The summed E-state index contributed by atoms with van der Waals surface area (Å²) in [7, 11) is 3.88. The fraction of sp³-hybridized carbons (Fsp3) is 0.462. The SMILES string of the molecule is CN(Cc1nccn1C)c1cc(=O)[nH]c(C2CC2)n1. The second-order valence-corrected chi connectivity index (χ2v) is 5.07. The summed E-state index contributed by atoms with van der Waals surface area (Å²) in [5, 5.41) is 0. The van der Waals surface area contributed by atoms with E-state index in [4.69, 9.17) is 0 Å². The lowest BCUT2D eigenvalue weighted by Gasteiger charge is -2.18. The maximum absolute atomic E-state index is 11.7. The largest absolute Gasteiger partial charge is 0.352 e. The molecule has 6 nitrogen and oxygen atoms in total. The first-order chi connectivity index (χ1) is 9.13. The van der Waals surface area contributed by atoms with E-state index in [1.807, 2.05) is 29.8 Å². The van der Waals surface area contributed by atoms with Crippen LogP contribution in [0.15, 0.2) is 23.3 Å². The number of H-pyrrole nitrogens is 1. The minimum Gasteiger partial charge on any atom is -0.352 e. The molecule has 6 heteroatoms. The van der Waals surface area contributed by atoms with Crippen LogP contribution in [0.4, 0.5) is 5.82 Å². The van der Waals surface area contributed by atoms with Crippen molar-refractivity contribution in [3.63, 3.8) is 0 Å². The molecule has 1 fully saturated rings. The number of hydrogen-bond acceptors (Lipinski definition) is 4. The zero-order valence-corrected chi connectivity index (χ0v) is 11.1. The van der Waals surface area contributed by atoms with Gasteiger partial charge in [0.15, 0.2) is 0 Å². The molecule has 2 aromatic heterocycles. The number of aromatic amines is 1. The summed E-state index contributed by atoms with van der Waals surface area (Å²) in [4.78, 5) is 25.3. The molecule has 2 aromatic rings. The molecule has 0 atom stereocenters. The fourth-order valence-corrected chi connectivity index (χ4v) is 2.05. The molecule has 0 amide bonds. The second kappa shape index (κ2) is 4.53. The van der Waals surface area contributed by atoms with Crippen LogP contribution in [0.5, 0.6) is 0 Å². The summed E-state index contributed by atoms with van der Waals surface area (Å²) in [6, 6.07) is 1.54. The lowest BCUT2D eigenvalue weighted by atomic mass is 10.3. The number of aryl methyl sites for hydroxylation is 1. The van der Waals surface area contributed by atoms with E-state index in [-0.39, 0.29) is 5.56 Å². The van der Waals surface area contributed by atoms with Crippen LogP contribution in [0.1, 0.15) is 30.4 Å². The second-order valence-electron chi connectivity index (χ2n) is 5.07. The van der Waals surface area contributed by atoms with Crippen LogP contribution in [0.2, 0.25) is 0 Å². The summed E-state index contributed by atoms with van der Waals surface area (Å²) in [5.41, 5.74) is -0.0846. The van der Waals surface area contributed by atoms with Gasteiger partial charge in [0.1, 0.15) is 17.5 Å². The van der Waals surface area contributed by atoms with E-state index in [1.54, 1.807) is 6.20 Å². The summed E-state index contributed by atoms with van der Waals surface area (Å²) >= 11 is 0. The van der Waals surface area contributed by atoms with Gasteiger partial charge in [-0.1, -0.05) is 0 Å². The molecule has 19 heavy (non-hydrogen) atoms. The Morgan fingerprint density at radius 2 is 2.32 bits per heavy atom. The van der Waals surface area contributed by atoms with Crippen LogP contribution in [0.25, 0.3) is 0 Å². The molecule has 100 valence electrons. The van der Waals surface area contributed by atoms with Gasteiger partial charge in [-0.25, -0.2) is 9.97 Å². The summed E-state index contributed by atoms with van der Waals surface area (Å²) < 4.78 is 1.96. The normalized spacial score (nSPS) is 14.6. The third-order valence-electron chi connectivity index (χ3n) is 3.40. The van der Waals surface area contributed by atoms with Crippen molar-refractivity contribution < 1.29 is 0 Å². The van der Waals surface area contributed by atoms with Crippen LogP contribution < -0.4 is 10.5 Å². The highest BCUT2D eigenvalue weighted by atomic mass is 16.1. The summed E-state index contributed by atoms with van der Waals surface area (Å²) in [5.74, 6) is 2.90. The number of nitrogens with one attached hydrogen (secondary N) is 1. The van der Waals surface area contributed by atoms with Crippen LogP contribution in [-0.2, 0) is 13.6 Å². The van der Waals surface area contributed by atoms with Crippen molar-refractivity contribution in [1.29, 1.82) is 0 Å². The molecule has 0 bridgehead atoms. The van der Waals surface area contributed by atoms with Crippen LogP contribution in [0.3, 0.4) is 0 Å². The Kier molecular flexibility index (Phi) is 2.85. The average molecular weight is 259 g/mol. The highest BCUT2D eigenvalue weighted by Gasteiger charge is 2.26. The van der Waals surface area contributed by atoms with Crippen LogP contribution in [-0.4, -0.2) is 26.6 Å². The molecular formula is C13H17N5O. The van der Waals surface area contributed by atoms with E-state index >= 15 is 0 Å². The molecule has 1 aliphatic carbocycles. The van der Waals surface area contributed by atoms with Crippen molar-refractivity contribution in [2.75, 3.05) is 11.9 Å². The zero-order chi connectivity index (χ0) is 13.4. The quantitative estimate of drug-likeness (QED) is 0.890. The smallest absolute Gasteiger partial charge is 0.252 e. The molecule has 0 unspecified atom stereocenters. The van der Waals surface area contributed by atoms with E-state index < -0.39 is 0 Å². The lowest BCUT2D eigenvalue weighted by molar-refractivity contribution is 0.748. The van der Waals surface area contributed by atoms with Crippen molar-refractivity contribution in [1.82, 2.24) is 19.5 Å². The molecule has 1 aliphatic rings. The summed E-state index contributed by atoms with van der Waals surface area (Å²) in [6.07, 6.45) is 5.92. The molecule has 2 heterocycles. The van der Waals surface area contributed by atoms with E-state index in [2.05, 4.69) is 15.0 Å². The van der Waals surface area contributed by atoms with Crippen LogP contribution in [0, 0.1) is 0 Å². The Labute approximate surface area is 111 Å². The molecule has 3 rings (SSSR count). The lowest BCUT2D eigenvalue weighted by Crippen LogP contribution is -2.23. The highest BCUT2D eigenvalue weighted by molar-refractivity contribution is 5.37. The third kappa shape index (κ3) is 2.52. The predicted molar refractivity (Wildman–Crippen MR) is 72.1 cm³/mol. The van der Waals surface area contributed by atoms with Gasteiger partial charge in [0.25, 0.3) is 5.56 Å². The van der Waals surface area contributed by atoms with Gasteiger partial charge in [-0.15, -0.1) is 0 Å². The number of rotatable bonds is 4. The number of aromatic nitrogens is 4. The van der Waals surface area contributed by atoms with Gasteiger partial charge in [-0.2, -0.15) is 0 Å². The van der Waals surface area contributed by atoms with Gasteiger partial charge in [0, 0.05) is 38.5 Å². The van der Waals surface area contributed by atoms with Gasteiger partial charge >= 0.3 is 0 Å². The molecular weight excluding hydrogens is 242 g/mol. The van der Waals surface area contributed by atoms with Gasteiger partial charge in [-0.05, 0) is 12.8 Å². The average Bonchev–Trinajstić information content (AvgIpc) is 3.15. The molecule has 1 N–H and O–H groups in total. The van der Waals surface area contributed by atoms with Gasteiger partial charge in [0.2, 0.25) is 0 Å². The number of nitrogens with zero attached hydrogens (tertiary/aromatic N) is 4. The minimum atomic E-state index is -0.0846. The monoisotopic (exact) mass is 259 g/mol.